The number of hydrogen-bond acceptors (Lipinski definition) is 3. The number of aromatic amines is 1. The second-order valence-electron chi connectivity index (χ2n) is 4.59. The molecule has 2 aromatic heterocycles. The lowest BCUT2D eigenvalue weighted by atomic mass is 10.3. The fourth-order valence-corrected chi connectivity index (χ4v) is 2.03. The normalized spacial score (nSPS) is 11.1. The standard InChI is InChI=1S/C14H23N5/c1-3-18(4-2)7-8-19-12-14(11-17-19)16-10-13-5-6-15-9-13/h5-6,9,11-12,15-16H,3-4,7-8,10H2,1-2H3. The van der Waals surface area contributed by atoms with Crippen LogP contribution in [0.15, 0.2) is 30.9 Å². The highest BCUT2D eigenvalue weighted by molar-refractivity contribution is 5.38. The van der Waals surface area contributed by atoms with Crippen molar-refractivity contribution in [2.75, 3.05) is 25.0 Å². The lowest BCUT2D eigenvalue weighted by molar-refractivity contribution is 0.285. The Kier molecular flexibility index (Phi) is 5.03. The summed E-state index contributed by atoms with van der Waals surface area (Å²) in [4.78, 5) is 5.45. The molecule has 0 spiro atoms. The van der Waals surface area contributed by atoms with Crippen LogP contribution in [0.1, 0.15) is 19.4 Å². The van der Waals surface area contributed by atoms with E-state index < -0.39 is 0 Å². The van der Waals surface area contributed by atoms with Gasteiger partial charge in [0, 0.05) is 31.7 Å². The van der Waals surface area contributed by atoms with E-state index in [-0.39, 0.29) is 0 Å². The van der Waals surface area contributed by atoms with Crippen molar-refractivity contribution in [3.05, 3.63) is 36.4 Å². The lowest BCUT2D eigenvalue weighted by Gasteiger charge is -2.17. The van der Waals surface area contributed by atoms with Gasteiger partial charge in [0.15, 0.2) is 0 Å². The Bertz CT molecular complexity index is 456. The summed E-state index contributed by atoms with van der Waals surface area (Å²) in [6.45, 7) is 9.38. The summed E-state index contributed by atoms with van der Waals surface area (Å²) >= 11 is 0. The number of aromatic nitrogens is 3. The van der Waals surface area contributed by atoms with E-state index in [2.05, 4.69) is 46.4 Å². The molecule has 0 aliphatic carbocycles. The van der Waals surface area contributed by atoms with Gasteiger partial charge in [0.2, 0.25) is 0 Å². The van der Waals surface area contributed by atoms with Crippen molar-refractivity contribution in [2.45, 2.75) is 26.9 Å². The SMILES string of the molecule is CCN(CC)CCn1cc(NCc2cc[nH]c2)cn1. The van der Waals surface area contributed by atoms with Crippen molar-refractivity contribution < 1.29 is 0 Å². The second-order valence-corrected chi connectivity index (χ2v) is 4.59. The summed E-state index contributed by atoms with van der Waals surface area (Å²) in [7, 11) is 0. The molecule has 5 nitrogen and oxygen atoms in total. The van der Waals surface area contributed by atoms with Crippen LogP contribution in [0.25, 0.3) is 0 Å². The first kappa shape index (κ1) is 13.7. The summed E-state index contributed by atoms with van der Waals surface area (Å²) < 4.78 is 2.00. The van der Waals surface area contributed by atoms with E-state index >= 15 is 0 Å². The van der Waals surface area contributed by atoms with Crippen molar-refractivity contribution in [1.29, 1.82) is 0 Å². The molecule has 2 rings (SSSR count). The maximum atomic E-state index is 4.38. The van der Waals surface area contributed by atoms with Crippen molar-refractivity contribution in [2.24, 2.45) is 0 Å². The van der Waals surface area contributed by atoms with Crippen molar-refractivity contribution >= 4 is 5.69 Å². The smallest absolute Gasteiger partial charge is 0.0729 e. The minimum atomic E-state index is 0.825. The van der Waals surface area contributed by atoms with Gasteiger partial charge in [-0.1, -0.05) is 13.8 Å². The fourth-order valence-electron chi connectivity index (χ4n) is 2.03. The van der Waals surface area contributed by atoms with Gasteiger partial charge in [-0.3, -0.25) is 4.68 Å². The van der Waals surface area contributed by atoms with E-state index in [1.807, 2.05) is 23.3 Å². The van der Waals surface area contributed by atoms with E-state index in [4.69, 9.17) is 0 Å². The third-order valence-electron chi connectivity index (χ3n) is 3.33. The highest BCUT2D eigenvalue weighted by atomic mass is 15.3. The summed E-state index contributed by atoms with van der Waals surface area (Å²) in [5, 5.41) is 7.74. The number of anilines is 1. The van der Waals surface area contributed by atoms with Gasteiger partial charge < -0.3 is 15.2 Å². The predicted octanol–water partition coefficient (Wildman–Crippen LogP) is 2.17. The molecule has 0 saturated heterocycles. The van der Waals surface area contributed by atoms with Crippen LogP contribution in [0.5, 0.6) is 0 Å². The summed E-state index contributed by atoms with van der Waals surface area (Å²) in [6.07, 6.45) is 7.88. The van der Waals surface area contributed by atoms with Crippen LogP contribution in [-0.2, 0) is 13.1 Å². The molecule has 0 fully saturated rings. The van der Waals surface area contributed by atoms with E-state index in [9.17, 15) is 0 Å². The van der Waals surface area contributed by atoms with Gasteiger partial charge in [0.1, 0.15) is 0 Å². The Balaban J connectivity index is 1.78. The maximum absolute atomic E-state index is 4.38. The van der Waals surface area contributed by atoms with Crippen LogP contribution in [0.4, 0.5) is 5.69 Å². The molecule has 0 saturated carbocycles. The average molecular weight is 261 g/mol. The topological polar surface area (TPSA) is 48.9 Å². The summed E-state index contributed by atoms with van der Waals surface area (Å²) in [5.41, 5.74) is 2.32. The average Bonchev–Trinajstić information content (AvgIpc) is 3.09. The zero-order valence-corrected chi connectivity index (χ0v) is 11.8. The van der Waals surface area contributed by atoms with E-state index in [0.29, 0.717) is 0 Å². The first-order chi connectivity index (χ1) is 9.31. The highest BCUT2D eigenvalue weighted by Crippen LogP contribution is 2.07. The molecule has 5 heteroatoms. The molecule has 0 aliphatic rings. The Morgan fingerprint density at radius 3 is 2.89 bits per heavy atom. The summed E-state index contributed by atoms with van der Waals surface area (Å²) in [6, 6.07) is 2.07. The molecule has 2 N–H and O–H groups in total. The van der Waals surface area contributed by atoms with Crippen molar-refractivity contribution in [3.8, 4) is 0 Å². The van der Waals surface area contributed by atoms with Crippen molar-refractivity contribution in [3.63, 3.8) is 0 Å². The quantitative estimate of drug-likeness (QED) is 0.765. The van der Waals surface area contributed by atoms with Crippen LogP contribution >= 0.6 is 0 Å². The van der Waals surface area contributed by atoms with Crippen LogP contribution in [-0.4, -0.2) is 39.3 Å². The second kappa shape index (κ2) is 6.99. The number of nitrogens with one attached hydrogen (secondary N) is 2. The van der Waals surface area contributed by atoms with Gasteiger partial charge in [0.25, 0.3) is 0 Å². The fraction of sp³-hybridized carbons (Fsp3) is 0.500. The van der Waals surface area contributed by atoms with E-state index in [0.717, 1.165) is 38.4 Å². The molecule has 2 aromatic rings. The van der Waals surface area contributed by atoms with Gasteiger partial charge in [-0.25, -0.2) is 0 Å². The minimum absolute atomic E-state index is 0.825. The van der Waals surface area contributed by atoms with E-state index in [1.165, 1.54) is 5.56 Å². The maximum Gasteiger partial charge on any atom is 0.0729 e. The molecule has 2 heterocycles. The van der Waals surface area contributed by atoms with Crippen LogP contribution < -0.4 is 5.32 Å². The molecule has 0 aliphatic heterocycles. The largest absolute Gasteiger partial charge is 0.378 e. The highest BCUT2D eigenvalue weighted by Gasteiger charge is 2.02. The van der Waals surface area contributed by atoms with Gasteiger partial charge >= 0.3 is 0 Å². The molecule has 104 valence electrons. The van der Waals surface area contributed by atoms with Gasteiger partial charge in [0.05, 0.1) is 18.4 Å². The number of likely N-dealkylation sites (N-methyl/N-ethyl adjacent to an activating group) is 1. The third kappa shape index (κ3) is 4.13. The van der Waals surface area contributed by atoms with Crippen molar-refractivity contribution in [1.82, 2.24) is 19.7 Å². The molecule has 0 aromatic carbocycles. The third-order valence-corrected chi connectivity index (χ3v) is 3.33. The molecule has 0 amide bonds. The summed E-state index contributed by atoms with van der Waals surface area (Å²) in [5.74, 6) is 0. The Morgan fingerprint density at radius 1 is 1.37 bits per heavy atom. The zero-order chi connectivity index (χ0) is 13.5. The van der Waals surface area contributed by atoms with Gasteiger partial charge in [-0.2, -0.15) is 5.10 Å². The Hall–Kier alpha value is -1.75. The molecular weight excluding hydrogens is 238 g/mol. The minimum Gasteiger partial charge on any atom is -0.378 e. The number of rotatable bonds is 8. The zero-order valence-electron chi connectivity index (χ0n) is 11.8. The number of hydrogen-bond donors (Lipinski definition) is 2. The van der Waals surface area contributed by atoms with Crippen LogP contribution in [0, 0.1) is 0 Å². The van der Waals surface area contributed by atoms with Crippen LogP contribution in [0.3, 0.4) is 0 Å². The van der Waals surface area contributed by atoms with E-state index in [1.54, 1.807) is 0 Å². The first-order valence-corrected chi connectivity index (χ1v) is 6.92. The number of nitrogens with zero attached hydrogens (tertiary/aromatic N) is 3. The molecule has 0 unspecified atom stereocenters. The molecule has 0 atom stereocenters. The monoisotopic (exact) mass is 261 g/mol. The lowest BCUT2D eigenvalue weighted by Crippen LogP contribution is -2.27. The molecule has 0 radical (unpaired) electrons. The molecular formula is C14H23N5. The number of H-pyrrole nitrogens is 1. The molecule has 19 heavy (non-hydrogen) atoms. The van der Waals surface area contributed by atoms with Gasteiger partial charge in [-0.15, -0.1) is 0 Å². The Labute approximate surface area is 114 Å². The first-order valence-electron chi connectivity index (χ1n) is 6.92. The predicted molar refractivity (Wildman–Crippen MR) is 78.1 cm³/mol. The Morgan fingerprint density at radius 2 is 2.21 bits per heavy atom. The van der Waals surface area contributed by atoms with Crippen LogP contribution in [0.2, 0.25) is 0 Å². The van der Waals surface area contributed by atoms with Gasteiger partial charge in [-0.05, 0) is 24.7 Å². The molecule has 0 bridgehead atoms.